The number of nitrogens with one attached hydrogen (secondary N) is 1. The summed E-state index contributed by atoms with van der Waals surface area (Å²) in [4.78, 5) is 36.2. The quantitative estimate of drug-likeness (QED) is 0.560. The Hall–Kier alpha value is -1.83. The lowest BCUT2D eigenvalue weighted by Crippen LogP contribution is -2.48. The monoisotopic (exact) mass is 259 g/mol. The number of aliphatic hydroxyl groups excluding tert-OH is 1. The summed E-state index contributed by atoms with van der Waals surface area (Å²) >= 11 is 0. The number of nitrogens with zero attached hydrogens (tertiary/aromatic N) is 2. The van der Waals surface area contributed by atoms with Gasteiger partial charge in [-0.1, -0.05) is 0 Å². The highest BCUT2D eigenvalue weighted by Crippen LogP contribution is 2.17. The Bertz CT molecular complexity index is 357. The molecule has 3 N–H and O–H groups in total. The van der Waals surface area contributed by atoms with Gasteiger partial charge in [0.05, 0.1) is 12.6 Å². The standard InChI is InChI=1S/C10H17N3O5/c1-12(2)8(15)4-11-10(18)13-5-6(14)3-7(13)9(16)17/h6-7,14H,3-5H2,1-2H3,(H,11,18)(H,16,17)/t6-,7-/m1/s1. The van der Waals surface area contributed by atoms with Crippen molar-refractivity contribution < 1.29 is 24.6 Å². The van der Waals surface area contributed by atoms with Gasteiger partial charge in [0.15, 0.2) is 0 Å². The topological polar surface area (TPSA) is 110 Å². The van der Waals surface area contributed by atoms with Crippen LogP contribution in [0.4, 0.5) is 4.79 Å². The Kier molecular flexibility index (Phi) is 4.49. The fourth-order valence-corrected chi connectivity index (χ4v) is 1.68. The number of carboxylic acid groups (broad SMARTS) is 1. The zero-order valence-electron chi connectivity index (χ0n) is 10.3. The molecule has 0 saturated carbocycles. The lowest BCUT2D eigenvalue weighted by atomic mass is 10.2. The first-order valence-corrected chi connectivity index (χ1v) is 5.48. The highest BCUT2D eigenvalue weighted by Gasteiger charge is 2.38. The first-order valence-electron chi connectivity index (χ1n) is 5.48. The summed E-state index contributed by atoms with van der Waals surface area (Å²) in [6.45, 7) is -0.246. The predicted molar refractivity (Wildman–Crippen MR) is 60.8 cm³/mol. The minimum Gasteiger partial charge on any atom is -0.480 e. The molecule has 102 valence electrons. The number of rotatable bonds is 3. The van der Waals surface area contributed by atoms with Crippen LogP contribution in [0.25, 0.3) is 0 Å². The van der Waals surface area contributed by atoms with Gasteiger partial charge in [-0.05, 0) is 0 Å². The summed E-state index contributed by atoms with van der Waals surface area (Å²) in [5.41, 5.74) is 0. The lowest BCUT2D eigenvalue weighted by molar-refractivity contribution is -0.141. The van der Waals surface area contributed by atoms with E-state index in [4.69, 9.17) is 5.11 Å². The Labute approximate surface area is 104 Å². The van der Waals surface area contributed by atoms with Crippen LogP contribution >= 0.6 is 0 Å². The van der Waals surface area contributed by atoms with Crippen LogP contribution in [0.15, 0.2) is 0 Å². The van der Waals surface area contributed by atoms with Gasteiger partial charge in [-0.25, -0.2) is 9.59 Å². The van der Waals surface area contributed by atoms with Crippen LogP contribution in [0.3, 0.4) is 0 Å². The second-order valence-electron chi connectivity index (χ2n) is 4.34. The maximum absolute atomic E-state index is 11.7. The average molecular weight is 259 g/mol. The van der Waals surface area contributed by atoms with Gasteiger partial charge in [-0.3, -0.25) is 4.79 Å². The van der Waals surface area contributed by atoms with Crippen LogP contribution in [0.2, 0.25) is 0 Å². The van der Waals surface area contributed by atoms with Crippen molar-refractivity contribution in [3.05, 3.63) is 0 Å². The van der Waals surface area contributed by atoms with E-state index in [0.29, 0.717) is 0 Å². The normalized spacial score (nSPS) is 22.7. The third-order valence-electron chi connectivity index (χ3n) is 2.71. The number of hydrogen-bond donors (Lipinski definition) is 3. The number of hydrogen-bond acceptors (Lipinski definition) is 4. The van der Waals surface area contributed by atoms with Gasteiger partial charge >= 0.3 is 12.0 Å². The number of urea groups is 1. The molecule has 1 saturated heterocycles. The number of likely N-dealkylation sites (N-methyl/N-ethyl adjacent to an activating group) is 1. The molecule has 0 radical (unpaired) electrons. The van der Waals surface area contributed by atoms with Crippen molar-refractivity contribution in [3.8, 4) is 0 Å². The van der Waals surface area contributed by atoms with Gasteiger partial charge in [-0.2, -0.15) is 0 Å². The van der Waals surface area contributed by atoms with E-state index in [1.54, 1.807) is 14.1 Å². The molecule has 2 atom stereocenters. The molecule has 0 aliphatic carbocycles. The van der Waals surface area contributed by atoms with E-state index in [1.807, 2.05) is 0 Å². The zero-order chi connectivity index (χ0) is 13.9. The number of β-amino-alcohol motifs (C(OH)–C–C–N with tert-alkyl or cyclic N) is 1. The summed E-state index contributed by atoms with van der Waals surface area (Å²) in [6, 6.07) is -1.70. The highest BCUT2D eigenvalue weighted by molar-refractivity contribution is 5.87. The summed E-state index contributed by atoms with van der Waals surface area (Å²) in [5, 5.41) is 20.6. The van der Waals surface area contributed by atoms with E-state index in [0.717, 1.165) is 4.90 Å². The molecule has 3 amide bonds. The van der Waals surface area contributed by atoms with Gasteiger partial charge in [0.2, 0.25) is 5.91 Å². The third-order valence-corrected chi connectivity index (χ3v) is 2.71. The number of aliphatic carboxylic acids is 1. The van der Waals surface area contributed by atoms with Crippen LogP contribution in [0, 0.1) is 0 Å². The molecule has 0 spiro atoms. The van der Waals surface area contributed by atoms with Crippen LogP contribution in [-0.2, 0) is 9.59 Å². The van der Waals surface area contributed by atoms with Crippen molar-refractivity contribution in [2.45, 2.75) is 18.6 Å². The van der Waals surface area contributed by atoms with Gasteiger partial charge in [0.1, 0.15) is 6.04 Å². The number of carbonyl (C=O) groups excluding carboxylic acids is 2. The predicted octanol–water partition coefficient (Wildman–Crippen LogP) is -1.70. The van der Waals surface area contributed by atoms with Crippen molar-refractivity contribution in [1.29, 1.82) is 0 Å². The summed E-state index contributed by atoms with van der Waals surface area (Å²) in [7, 11) is 3.10. The molecule has 8 nitrogen and oxygen atoms in total. The maximum atomic E-state index is 11.7. The van der Waals surface area contributed by atoms with Gasteiger partial charge in [0.25, 0.3) is 0 Å². The fourth-order valence-electron chi connectivity index (χ4n) is 1.68. The number of likely N-dealkylation sites (tertiary alicyclic amines) is 1. The first kappa shape index (κ1) is 14.2. The Morgan fingerprint density at radius 1 is 1.39 bits per heavy atom. The second-order valence-corrected chi connectivity index (χ2v) is 4.34. The highest BCUT2D eigenvalue weighted by atomic mass is 16.4. The van der Waals surface area contributed by atoms with E-state index < -0.39 is 24.1 Å². The third kappa shape index (κ3) is 3.33. The van der Waals surface area contributed by atoms with E-state index in [2.05, 4.69) is 5.32 Å². The minimum atomic E-state index is -1.17. The summed E-state index contributed by atoms with van der Waals surface area (Å²) < 4.78 is 0. The maximum Gasteiger partial charge on any atom is 0.326 e. The summed E-state index contributed by atoms with van der Waals surface area (Å²) in [6.07, 6.45) is -0.842. The van der Waals surface area contributed by atoms with Crippen LogP contribution in [-0.4, -0.2) is 77.3 Å². The number of amides is 3. The molecule has 18 heavy (non-hydrogen) atoms. The molecule has 1 aliphatic rings. The molecule has 1 rings (SSSR count). The SMILES string of the molecule is CN(C)C(=O)CNC(=O)N1C[C@H](O)C[C@@H]1C(=O)O. The zero-order valence-corrected chi connectivity index (χ0v) is 10.3. The van der Waals surface area contributed by atoms with Gasteiger partial charge < -0.3 is 25.3 Å². The molecule has 0 aromatic heterocycles. The van der Waals surface area contributed by atoms with Crippen molar-refractivity contribution in [3.63, 3.8) is 0 Å². The first-order chi connectivity index (χ1) is 8.32. The Balaban J connectivity index is 2.55. The number of aliphatic hydroxyl groups is 1. The van der Waals surface area contributed by atoms with Gasteiger partial charge in [0, 0.05) is 27.1 Å². The number of carbonyl (C=O) groups is 3. The van der Waals surface area contributed by atoms with Crippen molar-refractivity contribution >= 4 is 17.9 Å². The van der Waals surface area contributed by atoms with E-state index >= 15 is 0 Å². The fraction of sp³-hybridized carbons (Fsp3) is 0.700. The molecule has 0 bridgehead atoms. The van der Waals surface area contributed by atoms with E-state index in [-0.39, 0.29) is 25.4 Å². The van der Waals surface area contributed by atoms with Crippen molar-refractivity contribution in [1.82, 2.24) is 15.1 Å². The largest absolute Gasteiger partial charge is 0.480 e. The second kappa shape index (κ2) is 5.67. The lowest BCUT2D eigenvalue weighted by Gasteiger charge is -2.21. The van der Waals surface area contributed by atoms with Crippen LogP contribution in [0.5, 0.6) is 0 Å². The van der Waals surface area contributed by atoms with Crippen molar-refractivity contribution in [2.24, 2.45) is 0 Å². The molecule has 0 aromatic rings. The molecular formula is C10H17N3O5. The van der Waals surface area contributed by atoms with Crippen molar-refractivity contribution in [2.75, 3.05) is 27.2 Å². The Morgan fingerprint density at radius 2 is 2.00 bits per heavy atom. The smallest absolute Gasteiger partial charge is 0.326 e. The molecule has 0 unspecified atom stereocenters. The number of carboxylic acids is 1. The van der Waals surface area contributed by atoms with Crippen LogP contribution < -0.4 is 5.32 Å². The average Bonchev–Trinajstić information content (AvgIpc) is 2.67. The molecular weight excluding hydrogens is 242 g/mol. The molecule has 1 fully saturated rings. The molecule has 8 heteroatoms. The molecule has 1 aliphatic heterocycles. The molecule has 0 aromatic carbocycles. The summed E-state index contributed by atoms with van der Waals surface area (Å²) in [5.74, 6) is -1.46. The minimum absolute atomic E-state index is 0.00435. The molecule has 1 heterocycles. The van der Waals surface area contributed by atoms with E-state index in [9.17, 15) is 19.5 Å². The van der Waals surface area contributed by atoms with Crippen LogP contribution in [0.1, 0.15) is 6.42 Å². The Morgan fingerprint density at radius 3 is 2.50 bits per heavy atom. The van der Waals surface area contributed by atoms with Gasteiger partial charge in [-0.15, -0.1) is 0 Å². The van der Waals surface area contributed by atoms with E-state index in [1.165, 1.54) is 4.90 Å².